The first-order valence-corrected chi connectivity index (χ1v) is 7.61. The number of rotatable bonds is 4. The van der Waals surface area contributed by atoms with E-state index >= 15 is 0 Å². The van der Waals surface area contributed by atoms with Crippen LogP contribution in [0.2, 0.25) is 0 Å². The van der Waals surface area contributed by atoms with Crippen LogP contribution in [0.4, 0.5) is 18.0 Å². The van der Waals surface area contributed by atoms with Gasteiger partial charge >= 0.3 is 12.2 Å². The number of amides is 2. The summed E-state index contributed by atoms with van der Waals surface area (Å²) in [6, 6.07) is 5.91. The molecule has 0 aliphatic carbocycles. The van der Waals surface area contributed by atoms with Gasteiger partial charge in [-0.1, -0.05) is 31.2 Å². The first kappa shape index (κ1) is 17.6. The van der Waals surface area contributed by atoms with Crippen molar-refractivity contribution in [1.29, 1.82) is 0 Å². The molecule has 1 saturated heterocycles. The lowest BCUT2D eigenvalue weighted by atomic mass is 9.98. The molecule has 2 atom stereocenters. The fourth-order valence-corrected chi connectivity index (χ4v) is 2.61. The first-order chi connectivity index (χ1) is 10.8. The Bertz CT molecular complexity index is 534. The van der Waals surface area contributed by atoms with Crippen molar-refractivity contribution in [2.75, 3.05) is 13.2 Å². The average molecular weight is 330 g/mol. The lowest BCUT2D eigenvalue weighted by Crippen LogP contribution is -2.48. The summed E-state index contributed by atoms with van der Waals surface area (Å²) >= 11 is 0. The molecule has 4 nitrogen and oxygen atoms in total. The Hall–Kier alpha value is -1.76. The van der Waals surface area contributed by atoms with Gasteiger partial charge in [-0.3, -0.25) is 0 Å². The van der Waals surface area contributed by atoms with Gasteiger partial charge in [-0.2, -0.15) is 13.2 Å². The van der Waals surface area contributed by atoms with Crippen LogP contribution in [0.3, 0.4) is 0 Å². The SMILES string of the molecule is CC1COCCC1NC(=O)NCc1ccccc1CC(F)(F)F. The van der Waals surface area contributed by atoms with Gasteiger partial charge in [0.15, 0.2) is 0 Å². The molecule has 1 fully saturated rings. The van der Waals surface area contributed by atoms with Crippen molar-refractivity contribution in [3.8, 4) is 0 Å². The number of hydrogen-bond acceptors (Lipinski definition) is 2. The fraction of sp³-hybridized carbons (Fsp3) is 0.562. The molecule has 1 aromatic rings. The van der Waals surface area contributed by atoms with Gasteiger partial charge in [0.1, 0.15) is 0 Å². The van der Waals surface area contributed by atoms with Crippen molar-refractivity contribution in [2.45, 2.75) is 38.5 Å². The lowest BCUT2D eigenvalue weighted by Gasteiger charge is -2.29. The molecule has 2 N–H and O–H groups in total. The summed E-state index contributed by atoms with van der Waals surface area (Å²) in [5, 5.41) is 5.49. The monoisotopic (exact) mass is 330 g/mol. The smallest absolute Gasteiger partial charge is 0.381 e. The summed E-state index contributed by atoms with van der Waals surface area (Å²) in [5.74, 6) is 0.215. The minimum atomic E-state index is -4.27. The van der Waals surface area contributed by atoms with Crippen LogP contribution in [0.5, 0.6) is 0 Å². The molecule has 1 aliphatic heterocycles. The molecule has 1 aliphatic rings. The second kappa shape index (κ2) is 7.68. The molecule has 0 aromatic heterocycles. The summed E-state index contributed by atoms with van der Waals surface area (Å²) in [6.07, 6.45) is -4.53. The Morgan fingerprint density at radius 1 is 1.30 bits per heavy atom. The number of hydrogen-bond donors (Lipinski definition) is 2. The number of ether oxygens (including phenoxy) is 1. The molecule has 1 heterocycles. The van der Waals surface area contributed by atoms with Gasteiger partial charge in [-0.05, 0) is 23.5 Å². The van der Waals surface area contributed by atoms with E-state index in [0.717, 1.165) is 6.42 Å². The molecule has 2 amide bonds. The van der Waals surface area contributed by atoms with E-state index in [-0.39, 0.29) is 30.1 Å². The highest BCUT2D eigenvalue weighted by Crippen LogP contribution is 2.23. The molecule has 2 rings (SSSR count). The van der Waals surface area contributed by atoms with E-state index < -0.39 is 12.6 Å². The van der Waals surface area contributed by atoms with Gasteiger partial charge in [0.05, 0.1) is 13.0 Å². The third kappa shape index (κ3) is 5.74. The molecule has 128 valence electrons. The zero-order valence-corrected chi connectivity index (χ0v) is 13.0. The van der Waals surface area contributed by atoms with E-state index in [4.69, 9.17) is 4.74 Å². The van der Waals surface area contributed by atoms with Crippen molar-refractivity contribution in [3.63, 3.8) is 0 Å². The number of urea groups is 1. The highest BCUT2D eigenvalue weighted by molar-refractivity contribution is 5.74. The Labute approximate surface area is 133 Å². The van der Waals surface area contributed by atoms with Crippen LogP contribution in [0.15, 0.2) is 24.3 Å². The Morgan fingerprint density at radius 3 is 2.65 bits per heavy atom. The molecule has 7 heteroatoms. The maximum absolute atomic E-state index is 12.6. The van der Waals surface area contributed by atoms with Crippen LogP contribution in [-0.4, -0.2) is 31.5 Å². The van der Waals surface area contributed by atoms with Gasteiger partial charge < -0.3 is 15.4 Å². The molecule has 0 bridgehead atoms. The van der Waals surface area contributed by atoms with Gasteiger partial charge in [0.25, 0.3) is 0 Å². The van der Waals surface area contributed by atoms with Crippen molar-refractivity contribution >= 4 is 6.03 Å². The maximum Gasteiger partial charge on any atom is 0.393 e. The van der Waals surface area contributed by atoms with Crippen LogP contribution in [-0.2, 0) is 17.7 Å². The number of benzene rings is 1. The van der Waals surface area contributed by atoms with E-state index in [1.165, 1.54) is 6.07 Å². The summed E-state index contributed by atoms with van der Waals surface area (Å²) in [4.78, 5) is 11.9. The first-order valence-electron chi connectivity index (χ1n) is 7.61. The third-order valence-electron chi connectivity index (χ3n) is 3.91. The number of carbonyl (C=O) groups excluding carboxylic acids is 1. The van der Waals surface area contributed by atoms with Crippen LogP contribution in [0.1, 0.15) is 24.5 Å². The summed E-state index contributed by atoms with van der Waals surface area (Å²) in [5.41, 5.74) is 0.653. The van der Waals surface area contributed by atoms with Crippen LogP contribution in [0.25, 0.3) is 0 Å². The summed E-state index contributed by atoms with van der Waals surface area (Å²) in [7, 11) is 0. The molecular formula is C16H21F3N2O2. The zero-order valence-electron chi connectivity index (χ0n) is 13.0. The van der Waals surface area contributed by atoms with Gasteiger partial charge in [-0.15, -0.1) is 0 Å². The van der Waals surface area contributed by atoms with E-state index in [1.807, 2.05) is 6.92 Å². The van der Waals surface area contributed by atoms with Crippen molar-refractivity contribution in [3.05, 3.63) is 35.4 Å². The largest absolute Gasteiger partial charge is 0.393 e. The number of halogens is 3. The standard InChI is InChI=1S/C16H21F3N2O2/c1-11-10-23-7-6-14(11)21-15(22)20-9-13-5-3-2-4-12(13)8-16(17,18)19/h2-5,11,14H,6-10H2,1H3,(H2,20,21,22). The normalized spacial score (nSPS) is 21.7. The number of carbonyl (C=O) groups is 1. The second-order valence-electron chi connectivity index (χ2n) is 5.84. The van der Waals surface area contributed by atoms with Crippen LogP contribution >= 0.6 is 0 Å². The number of nitrogens with one attached hydrogen (secondary N) is 2. The second-order valence-corrected chi connectivity index (χ2v) is 5.84. The van der Waals surface area contributed by atoms with Crippen molar-refractivity contribution in [2.24, 2.45) is 5.92 Å². The zero-order chi connectivity index (χ0) is 16.9. The van der Waals surface area contributed by atoms with Crippen LogP contribution < -0.4 is 10.6 Å². The lowest BCUT2D eigenvalue weighted by molar-refractivity contribution is -0.127. The maximum atomic E-state index is 12.6. The molecule has 0 saturated carbocycles. The van der Waals surface area contributed by atoms with E-state index in [1.54, 1.807) is 18.2 Å². The molecule has 23 heavy (non-hydrogen) atoms. The summed E-state index contributed by atoms with van der Waals surface area (Å²) < 4.78 is 43.0. The van der Waals surface area contributed by atoms with Gasteiger partial charge in [0, 0.05) is 19.2 Å². The molecule has 0 radical (unpaired) electrons. The molecule has 1 aromatic carbocycles. The Kier molecular flexibility index (Phi) is 5.87. The molecular weight excluding hydrogens is 309 g/mol. The van der Waals surface area contributed by atoms with Gasteiger partial charge in [-0.25, -0.2) is 4.79 Å². The average Bonchev–Trinajstić information content (AvgIpc) is 2.47. The van der Waals surface area contributed by atoms with Crippen molar-refractivity contribution < 1.29 is 22.7 Å². The third-order valence-corrected chi connectivity index (χ3v) is 3.91. The molecule has 0 spiro atoms. The number of alkyl halides is 3. The van der Waals surface area contributed by atoms with E-state index in [2.05, 4.69) is 10.6 Å². The Balaban J connectivity index is 1.89. The molecule has 2 unspecified atom stereocenters. The van der Waals surface area contributed by atoms with E-state index in [9.17, 15) is 18.0 Å². The minimum absolute atomic E-state index is 0.0224. The summed E-state index contributed by atoms with van der Waals surface area (Å²) in [6.45, 7) is 3.25. The topological polar surface area (TPSA) is 50.4 Å². The van der Waals surface area contributed by atoms with Gasteiger partial charge in [0.2, 0.25) is 0 Å². The van der Waals surface area contributed by atoms with Crippen LogP contribution in [0, 0.1) is 5.92 Å². The fourth-order valence-electron chi connectivity index (χ4n) is 2.61. The van der Waals surface area contributed by atoms with Crippen molar-refractivity contribution in [1.82, 2.24) is 10.6 Å². The predicted octanol–water partition coefficient (Wildman–Crippen LogP) is 3.02. The van der Waals surface area contributed by atoms with E-state index in [0.29, 0.717) is 18.8 Å². The predicted molar refractivity (Wildman–Crippen MR) is 80.0 cm³/mol. The quantitative estimate of drug-likeness (QED) is 0.892. The highest BCUT2D eigenvalue weighted by Gasteiger charge is 2.28. The Morgan fingerprint density at radius 2 is 2.00 bits per heavy atom. The highest BCUT2D eigenvalue weighted by atomic mass is 19.4. The minimum Gasteiger partial charge on any atom is -0.381 e.